The standard InChI is InChI=1S/C15H17NO3/c1-5-19-15(18)13-10(4)14(17)12-9(3)6-8(2)7-11(12)16-13/h6-7H,5H2,1-4H3,(H,16,17). The normalized spacial score (nSPS) is 10.7. The number of aromatic nitrogens is 1. The van der Waals surface area contributed by atoms with Gasteiger partial charge in [0.1, 0.15) is 5.69 Å². The van der Waals surface area contributed by atoms with Gasteiger partial charge in [0.05, 0.1) is 12.1 Å². The van der Waals surface area contributed by atoms with Gasteiger partial charge in [-0.1, -0.05) is 6.07 Å². The van der Waals surface area contributed by atoms with E-state index >= 15 is 0 Å². The van der Waals surface area contributed by atoms with Gasteiger partial charge in [0.25, 0.3) is 0 Å². The fourth-order valence-electron chi connectivity index (χ4n) is 2.30. The number of aryl methyl sites for hydroxylation is 2. The summed E-state index contributed by atoms with van der Waals surface area (Å²) < 4.78 is 4.96. The summed E-state index contributed by atoms with van der Waals surface area (Å²) in [5, 5.41) is 0.635. The predicted octanol–water partition coefficient (Wildman–Crippen LogP) is 2.63. The Labute approximate surface area is 111 Å². The van der Waals surface area contributed by atoms with Gasteiger partial charge in [-0.15, -0.1) is 0 Å². The predicted molar refractivity (Wildman–Crippen MR) is 74.7 cm³/mol. The number of pyridine rings is 1. The maximum absolute atomic E-state index is 12.4. The Morgan fingerprint density at radius 2 is 1.95 bits per heavy atom. The Hall–Kier alpha value is -2.10. The zero-order valence-corrected chi connectivity index (χ0v) is 11.6. The summed E-state index contributed by atoms with van der Waals surface area (Å²) in [5.74, 6) is -0.488. The van der Waals surface area contributed by atoms with Gasteiger partial charge < -0.3 is 9.72 Å². The lowest BCUT2D eigenvalue weighted by Crippen LogP contribution is -2.18. The Morgan fingerprint density at radius 1 is 1.26 bits per heavy atom. The first kappa shape index (κ1) is 13.3. The number of carbonyl (C=O) groups excluding carboxylic acids is 1. The Bertz CT molecular complexity index is 713. The highest BCUT2D eigenvalue weighted by atomic mass is 16.5. The van der Waals surface area contributed by atoms with Crippen molar-refractivity contribution in [1.29, 1.82) is 0 Å². The van der Waals surface area contributed by atoms with Gasteiger partial charge in [-0.3, -0.25) is 4.79 Å². The monoisotopic (exact) mass is 259 g/mol. The van der Waals surface area contributed by atoms with E-state index in [0.29, 0.717) is 16.5 Å². The van der Waals surface area contributed by atoms with Gasteiger partial charge >= 0.3 is 5.97 Å². The van der Waals surface area contributed by atoms with Crippen molar-refractivity contribution in [2.24, 2.45) is 0 Å². The van der Waals surface area contributed by atoms with Crippen molar-refractivity contribution in [2.45, 2.75) is 27.7 Å². The minimum atomic E-state index is -0.488. The van der Waals surface area contributed by atoms with E-state index in [9.17, 15) is 9.59 Å². The second-order valence-corrected chi connectivity index (χ2v) is 4.68. The third-order valence-electron chi connectivity index (χ3n) is 3.16. The molecule has 0 aliphatic carbocycles. The summed E-state index contributed by atoms with van der Waals surface area (Å²) in [6, 6.07) is 3.83. The number of aromatic amines is 1. The minimum Gasteiger partial charge on any atom is -0.461 e. The van der Waals surface area contributed by atoms with Crippen LogP contribution in [0.25, 0.3) is 10.9 Å². The smallest absolute Gasteiger partial charge is 0.355 e. The van der Waals surface area contributed by atoms with Gasteiger partial charge in [-0.25, -0.2) is 4.79 Å². The van der Waals surface area contributed by atoms with Crippen LogP contribution in [0.4, 0.5) is 0 Å². The Kier molecular flexibility index (Phi) is 3.42. The molecule has 1 N–H and O–H groups in total. The zero-order chi connectivity index (χ0) is 14.2. The van der Waals surface area contributed by atoms with Gasteiger partial charge in [0.15, 0.2) is 5.43 Å². The molecule has 0 saturated carbocycles. The first-order valence-corrected chi connectivity index (χ1v) is 6.26. The molecular weight excluding hydrogens is 242 g/mol. The van der Waals surface area contributed by atoms with E-state index in [1.54, 1.807) is 13.8 Å². The quantitative estimate of drug-likeness (QED) is 0.843. The fourth-order valence-corrected chi connectivity index (χ4v) is 2.30. The Morgan fingerprint density at radius 3 is 2.58 bits per heavy atom. The highest BCUT2D eigenvalue weighted by molar-refractivity contribution is 5.93. The van der Waals surface area contributed by atoms with Crippen LogP contribution in [-0.2, 0) is 4.74 Å². The largest absolute Gasteiger partial charge is 0.461 e. The number of rotatable bonds is 2. The molecule has 1 aromatic heterocycles. The molecule has 1 heterocycles. The van der Waals surface area contributed by atoms with E-state index in [1.807, 2.05) is 26.0 Å². The topological polar surface area (TPSA) is 59.2 Å². The highest BCUT2D eigenvalue weighted by Gasteiger charge is 2.16. The average molecular weight is 259 g/mol. The van der Waals surface area contributed by atoms with Crippen LogP contribution in [-0.4, -0.2) is 17.6 Å². The summed E-state index contributed by atoms with van der Waals surface area (Å²) in [4.78, 5) is 27.2. The highest BCUT2D eigenvalue weighted by Crippen LogP contribution is 2.18. The van der Waals surface area contributed by atoms with Crippen LogP contribution >= 0.6 is 0 Å². The molecule has 4 heteroatoms. The third-order valence-corrected chi connectivity index (χ3v) is 3.16. The number of carbonyl (C=O) groups is 1. The molecule has 0 unspecified atom stereocenters. The lowest BCUT2D eigenvalue weighted by atomic mass is 10.0. The Balaban J connectivity index is 2.80. The number of esters is 1. The van der Waals surface area contributed by atoms with Crippen molar-refractivity contribution in [2.75, 3.05) is 6.61 Å². The maximum atomic E-state index is 12.4. The van der Waals surface area contributed by atoms with Crippen molar-refractivity contribution in [3.8, 4) is 0 Å². The van der Waals surface area contributed by atoms with Gasteiger partial charge in [-0.2, -0.15) is 0 Å². The molecule has 0 aliphatic heterocycles. The summed E-state index contributed by atoms with van der Waals surface area (Å²) in [6.45, 7) is 7.51. The summed E-state index contributed by atoms with van der Waals surface area (Å²) in [7, 11) is 0. The molecule has 0 aliphatic rings. The van der Waals surface area contributed by atoms with Crippen LogP contribution in [0.2, 0.25) is 0 Å². The molecule has 0 bridgehead atoms. The number of benzene rings is 1. The van der Waals surface area contributed by atoms with E-state index in [1.165, 1.54) is 0 Å². The van der Waals surface area contributed by atoms with Crippen molar-refractivity contribution < 1.29 is 9.53 Å². The minimum absolute atomic E-state index is 0.116. The first-order chi connectivity index (χ1) is 8.95. The number of fused-ring (bicyclic) bond motifs is 1. The number of ether oxygens (including phenoxy) is 1. The van der Waals surface area contributed by atoms with Crippen LogP contribution < -0.4 is 5.43 Å². The van der Waals surface area contributed by atoms with Crippen LogP contribution in [0.3, 0.4) is 0 Å². The second-order valence-electron chi connectivity index (χ2n) is 4.68. The fraction of sp³-hybridized carbons (Fsp3) is 0.333. The molecule has 4 nitrogen and oxygen atoms in total. The lowest BCUT2D eigenvalue weighted by molar-refractivity contribution is 0.0519. The van der Waals surface area contributed by atoms with E-state index in [2.05, 4.69) is 4.98 Å². The average Bonchev–Trinajstić information content (AvgIpc) is 2.33. The summed E-state index contributed by atoms with van der Waals surface area (Å²) in [6.07, 6.45) is 0. The van der Waals surface area contributed by atoms with Crippen LogP contribution in [0, 0.1) is 20.8 Å². The molecule has 1 aromatic carbocycles. The zero-order valence-electron chi connectivity index (χ0n) is 11.6. The van der Waals surface area contributed by atoms with Crippen LogP contribution in [0.1, 0.15) is 34.1 Å². The molecule has 2 rings (SSSR count). The molecule has 0 atom stereocenters. The second kappa shape index (κ2) is 4.88. The van der Waals surface area contributed by atoms with E-state index in [0.717, 1.165) is 11.1 Å². The van der Waals surface area contributed by atoms with Gasteiger partial charge in [0, 0.05) is 10.9 Å². The SMILES string of the molecule is CCOC(=O)c1[nH]c2cc(C)cc(C)c2c(=O)c1C. The molecule has 0 fully saturated rings. The number of hydrogen-bond acceptors (Lipinski definition) is 3. The number of H-pyrrole nitrogens is 1. The van der Waals surface area contributed by atoms with E-state index in [-0.39, 0.29) is 17.7 Å². The molecule has 19 heavy (non-hydrogen) atoms. The van der Waals surface area contributed by atoms with Crippen molar-refractivity contribution >= 4 is 16.9 Å². The summed E-state index contributed by atoms with van der Waals surface area (Å²) >= 11 is 0. The number of hydrogen-bond donors (Lipinski definition) is 1. The van der Waals surface area contributed by atoms with E-state index in [4.69, 9.17) is 4.74 Å². The van der Waals surface area contributed by atoms with E-state index < -0.39 is 5.97 Å². The van der Waals surface area contributed by atoms with Crippen LogP contribution in [0.15, 0.2) is 16.9 Å². The molecule has 100 valence electrons. The third kappa shape index (κ3) is 2.26. The molecular formula is C15H17NO3. The van der Waals surface area contributed by atoms with Gasteiger partial charge in [-0.05, 0) is 44.9 Å². The molecule has 2 aromatic rings. The van der Waals surface area contributed by atoms with Crippen molar-refractivity contribution in [1.82, 2.24) is 4.98 Å². The van der Waals surface area contributed by atoms with Gasteiger partial charge in [0.2, 0.25) is 0 Å². The van der Waals surface area contributed by atoms with Crippen LogP contribution in [0.5, 0.6) is 0 Å². The maximum Gasteiger partial charge on any atom is 0.355 e. The van der Waals surface area contributed by atoms with Crippen molar-refractivity contribution in [3.05, 3.63) is 44.7 Å². The molecule has 0 saturated heterocycles. The van der Waals surface area contributed by atoms with Crippen molar-refractivity contribution in [3.63, 3.8) is 0 Å². The molecule has 0 amide bonds. The molecule has 0 spiro atoms. The number of nitrogens with one attached hydrogen (secondary N) is 1. The molecule has 0 radical (unpaired) electrons. The first-order valence-electron chi connectivity index (χ1n) is 6.26. The lowest BCUT2D eigenvalue weighted by Gasteiger charge is -2.10. The summed E-state index contributed by atoms with van der Waals surface area (Å²) in [5.41, 5.74) is 3.15.